The summed E-state index contributed by atoms with van der Waals surface area (Å²) in [6.45, 7) is 0. The standard InChI is InChI=1S/C6H9N3S2/c1-2-10-4-5(1)8-6-3-7-9-11-6/h3,5,8H,1-2,4H2. The van der Waals surface area contributed by atoms with Gasteiger partial charge < -0.3 is 5.32 Å². The van der Waals surface area contributed by atoms with Gasteiger partial charge in [0, 0.05) is 23.3 Å². The molecule has 1 unspecified atom stereocenters. The molecule has 0 saturated carbocycles. The van der Waals surface area contributed by atoms with E-state index in [0.717, 1.165) is 5.00 Å². The summed E-state index contributed by atoms with van der Waals surface area (Å²) in [4.78, 5) is 0. The summed E-state index contributed by atoms with van der Waals surface area (Å²) < 4.78 is 3.79. The van der Waals surface area contributed by atoms with Crippen molar-refractivity contribution in [2.75, 3.05) is 16.8 Å². The molecule has 0 aliphatic carbocycles. The molecule has 0 aromatic carbocycles. The Kier molecular flexibility index (Phi) is 2.28. The Bertz CT molecular complexity index is 206. The van der Waals surface area contributed by atoms with Crippen molar-refractivity contribution in [2.45, 2.75) is 12.5 Å². The molecule has 0 amide bonds. The van der Waals surface area contributed by atoms with Crippen LogP contribution in [-0.2, 0) is 0 Å². The SMILES string of the molecule is c1nnsc1NC1CCSC1. The zero-order chi connectivity index (χ0) is 7.52. The highest BCUT2D eigenvalue weighted by molar-refractivity contribution is 7.99. The minimum atomic E-state index is 0.641. The van der Waals surface area contributed by atoms with Crippen LogP contribution in [-0.4, -0.2) is 27.1 Å². The van der Waals surface area contributed by atoms with Gasteiger partial charge in [-0.15, -0.1) is 5.10 Å². The quantitative estimate of drug-likeness (QED) is 0.760. The summed E-state index contributed by atoms with van der Waals surface area (Å²) in [5.41, 5.74) is 0. The van der Waals surface area contributed by atoms with Gasteiger partial charge in [0.05, 0.1) is 6.20 Å². The Morgan fingerprint density at radius 1 is 1.64 bits per heavy atom. The predicted molar refractivity (Wildman–Crippen MR) is 49.3 cm³/mol. The molecule has 1 atom stereocenters. The first-order valence-electron chi connectivity index (χ1n) is 3.57. The molecule has 1 fully saturated rings. The number of hydrogen-bond acceptors (Lipinski definition) is 5. The van der Waals surface area contributed by atoms with Crippen LogP contribution in [0.1, 0.15) is 6.42 Å². The third-order valence-electron chi connectivity index (χ3n) is 1.64. The van der Waals surface area contributed by atoms with Crippen LogP contribution in [0.2, 0.25) is 0 Å². The van der Waals surface area contributed by atoms with E-state index in [1.54, 1.807) is 6.20 Å². The molecule has 5 heteroatoms. The molecule has 11 heavy (non-hydrogen) atoms. The smallest absolute Gasteiger partial charge is 0.130 e. The molecule has 60 valence electrons. The lowest BCUT2D eigenvalue weighted by Gasteiger charge is -2.08. The lowest BCUT2D eigenvalue weighted by atomic mass is 10.3. The Labute approximate surface area is 73.7 Å². The van der Waals surface area contributed by atoms with Crippen molar-refractivity contribution in [2.24, 2.45) is 0 Å². The van der Waals surface area contributed by atoms with Gasteiger partial charge in [0.2, 0.25) is 0 Å². The average molecular weight is 187 g/mol. The molecule has 1 aromatic heterocycles. The first-order chi connectivity index (χ1) is 5.45. The number of aromatic nitrogens is 2. The average Bonchev–Trinajstić information content (AvgIpc) is 2.60. The van der Waals surface area contributed by atoms with Gasteiger partial charge in [0.1, 0.15) is 5.00 Å². The third-order valence-corrected chi connectivity index (χ3v) is 3.40. The van der Waals surface area contributed by atoms with Crippen LogP contribution in [0.3, 0.4) is 0 Å². The van der Waals surface area contributed by atoms with Gasteiger partial charge in [-0.2, -0.15) is 11.8 Å². The molecular weight excluding hydrogens is 178 g/mol. The van der Waals surface area contributed by atoms with Gasteiger partial charge in [-0.05, 0) is 12.2 Å². The van der Waals surface area contributed by atoms with Crippen molar-refractivity contribution in [3.63, 3.8) is 0 Å². The van der Waals surface area contributed by atoms with Gasteiger partial charge in [0.15, 0.2) is 0 Å². The fourth-order valence-electron chi connectivity index (χ4n) is 1.08. The molecule has 0 radical (unpaired) electrons. The predicted octanol–water partition coefficient (Wildman–Crippen LogP) is 1.46. The number of thioether (sulfide) groups is 1. The molecule has 3 nitrogen and oxygen atoms in total. The number of nitrogens with zero attached hydrogens (tertiary/aromatic N) is 2. The number of anilines is 1. The zero-order valence-corrected chi connectivity index (χ0v) is 7.62. The van der Waals surface area contributed by atoms with Crippen LogP contribution < -0.4 is 5.32 Å². The van der Waals surface area contributed by atoms with E-state index in [4.69, 9.17) is 0 Å². The maximum Gasteiger partial charge on any atom is 0.130 e. The Morgan fingerprint density at radius 2 is 2.64 bits per heavy atom. The van der Waals surface area contributed by atoms with E-state index >= 15 is 0 Å². The summed E-state index contributed by atoms with van der Waals surface area (Å²) in [6, 6.07) is 0.641. The Morgan fingerprint density at radius 3 is 3.27 bits per heavy atom. The van der Waals surface area contributed by atoms with E-state index in [2.05, 4.69) is 14.9 Å². The van der Waals surface area contributed by atoms with Crippen LogP contribution in [0.15, 0.2) is 6.20 Å². The summed E-state index contributed by atoms with van der Waals surface area (Å²) in [7, 11) is 0. The zero-order valence-electron chi connectivity index (χ0n) is 5.99. The van der Waals surface area contributed by atoms with Crippen LogP contribution >= 0.6 is 23.3 Å². The van der Waals surface area contributed by atoms with Gasteiger partial charge in [-0.25, -0.2) is 0 Å². The molecular formula is C6H9N3S2. The Balaban J connectivity index is 1.90. The van der Waals surface area contributed by atoms with Crippen molar-refractivity contribution >= 4 is 28.3 Å². The maximum absolute atomic E-state index is 3.79. The van der Waals surface area contributed by atoms with Crippen molar-refractivity contribution in [3.05, 3.63) is 6.20 Å². The Hall–Kier alpha value is -0.290. The van der Waals surface area contributed by atoms with Gasteiger partial charge in [-0.1, -0.05) is 4.49 Å². The van der Waals surface area contributed by atoms with Crippen LogP contribution in [0, 0.1) is 0 Å². The summed E-state index contributed by atoms with van der Waals surface area (Å²) >= 11 is 3.43. The molecule has 1 aliphatic rings. The summed E-state index contributed by atoms with van der Waals surface area (Å²) in [5.74, 6) is 2.50. The fraction of sp³-hybridized carbons (Fsp3) is 0.667. The van der Waals surface area contributed by atoms with E-state index < -0.39 is 0 Å². The van der Waals surface area contributed by atoms with Crippen molar-refractivity contribution < 1.29 is 0 Å². The van der Waals surface area contributed by atoms with Crippen molar-refractivity contribution in [3.8, 4) is 0 Å². The third kappa shape index (κ3) is 1.84. The van der Waals surface area contributed by atoms with Crippen molar-refractivity contribution in [1.82, 2.24) is 9.59 Å². The minimum absolute atomic E-state index is 0.641. The van der Waals surface area contributed by atoms with E-state index in [0.29, 0.717) is 6.04 Å². The lowest BCUT2D eigenvalue weighted by molar-refractivity contribution is 0.815. The van der Waals surface area contributed by atoms with Crippen LogP contribution in [0.25, 0.3) is 0 Å². The number of nitrogens with one attached hydrogen (secondary N) is 1. The first kappa shape index (κ1) is 7.36. The van der Waals surface area contributed by atoms with Gasteiger partial charge >= 0.3 is 0 Å². The highest BCUT2D eigenvalue weighted by Gasteiger charge is 2.15. The fourth-order valence-corrected chi connectivity index (χ4v) is 2.73. The molecule has 2 heterocycles. The molecule has 0 bridgehead atoms. The van der Waals surface area contributed by atoms with Crippen LogP contribution in [0.5, 0.6) is 0 Å². The van der Waals surface area contributed by atoms with E-state index in [1.807, 2.05) is 11.8 Å². The molecule has 0 spiro atoms. The molecule has 2 rings (SSSR count). The summed E-state index contributed by atoms with van der Waals surface area (Å²) in [6.07, 6.45) is 3.05. The molecule has 1 N–H and O–H groups in total. The molecule has 1 aromatic rings. The van der Waals surface area contributed by atoms with Crippen LogP contribution in [0.4, 0.5) is 5.00 Å². The topological polar surface area (TPSA) is 37.8 Å². The monoisotopic (exact) mass is 187 g/mol. The van der Waals surface area contributed by atoms with Gasteiger partial charge in [0.25, 0.3) is 0 Å². The maximum atomic E-state index is 3.79. The van der Waals surface area contributed by atoms with E-state index in [-0.39, 0.29) is 0 Å². The van der Waals surface area contributed by atoms with E-state index in [9.17, 15) is 0 Å². The first-order valence-corrected chi connectivity index (χ1v) is 5.49. The highest BCUT2D eigenvalue weighted by Crippen LogP contribution is 2.21. The number of hydrogen-bond donors (Lipinski definition) is 1. The second-order valence-electron chi connectivity index (χ2n) is 2.49. The van der Waals surface area contributed by atoms with Gasteiger partial charge in [-0.3, -0.25) is 0 Å². The lowest BCUT2D eigenvalue weighted by Crippen LogP contribution is -2.16. The largest absolute Gasteiger partial charge is 0.371 e. The second kappa shape index (κ2) is 3.40. The second-order valence-corrected chi connectivity index (χ2v) is 4.42. The minimum Gasteiger partial charge on any atom is -0.371 e. The normalized spacial score (nSPS) is 23.8. The molecule has 1 aliphatic heterocycles. The molecule has 1 saturated heterocycles. The van der Waals surface area contributed by atoms with E-state index in [1.165, 1.54) is 29.5 Å². The number of rotatable bonds is 2. The summed E-state index contributed by atoms with van der Waals surface area (Å²) in [5, 5.41) is 8.25. The van der Waals surface area contributed by atoms with Crippen molar-refractivity contribution in [1.29, 1.82) is 0 Å². The highest BCUT2D eigenvalue weighted by atomic mass is 32.2.